The van der Waals surface area contributed by atoms with Gasteiger partial charge in [0.25, 0.3) is 0 Å². The molecule has 0 amide bonds. The van der Waals surface area contributed by atoms with E-state index in [2.05, 4.69) is 4.74 Å². The van der Waals surface area contributed by atoms with E-state index in [1.54, 1.807) is 12.2 Å². The first-order valence-corrected chi connectivity index (χ1v) is 6.71. The SMILES string of the molecule is COC(=O)c1ccc(C=CCCSC(C)=O)c(F)c1. The normalized spacial score (nSPS) is 10.7. The molecule has 0 heterocycles. The van der Waals surface area contributed by atoms with Crippen molar-refractivity contribution in [3.63, 3.8) is 0 Å². The third-order valence-corrected chi connectivity index (χ3v) is 3.16. The van der Waals surface area contributed by atoms with Crippen LogP contribution in [0, 0.1) is 5.82 Å². The first kappa shape index (κ1) is 15.4. The van der Waals surface area contributed by atoms with Crippen molar-refractivity contribution in [2.45, 2.75) is 13.3 Å². The fraction of sp³-hybridized carbons (Fsp3) is 0.286. The molecule has 0 unspecified atom stereocenters. The van der Waals surface area contributed by atoms with Crippen molar-refractivity contribution < 1.29 is 18.7 Å². The van der Waals surface area contributed by atoms with Gasteiger partial charge in [-0.25, -0.2) is 9.18 Å². The van der Waals surface area contributed by atoms with Crippen molar-refractivity contribution in [2.75, 3.05) is 12.9 Å². The Morgan fingerprint density at radius 1 is 1.42 bits per heavy atom. The Hall–Kier alpha value is -1.62. The quantitative estimate of drug-likeness (QED) is 0.614. The highest BCUT2D eigenvalue weighted by Gasteiger charge is 2.08. The predicted molar refractivity (Wildman–Crippen MR) is 74.5 cm³/mol. The smallest absolute Gasteiger partial charge is 0.337 e. The van der Waals surface area contributed by atoms with Gasteiger partial charge < -0.3 is 4.74 Å². The minimum absolute atomic E-state index is 0.0713. The maximum absolute atomic E-state index is 13.7. The number of carbonyl (C=O) groups is 2. The molecule has 0 aliphatic rings. The summed E-state index contributed by atoms with van der Waals surface area (Å²) >= 11 is 1.23. The molecule has 0 bridgehead atoms. The molecule has 5 heteroatoms. The minimum atomic E-state index is -0.563. The number of hydrogen-bond donors (Lipinski definition) is 0. The molecule has 0 spiro atoms. The van der Waals surface area contributed by atoms with E-state index in [1.165, 1.54) is 37.9 Å². The fourth-order valence-corrected chi connectivity index (χ4v) is 1.93. The number of allylic oxidation sites excluding steroid dienone is 1. The molecule has 0 aliphatic heterocycles. The summed E-state index contributed by atoms with van der Waals surface area (Å²) in [5, 5.41) is 0.0713. The Morgan fingerprint density at radius 2 is 2.16 bits per heavy atom. The van der Waals surface area contributed by atoms with E-state index >= 15 is 0 Å². The number of methoxy groups -OCH3 is 1. The van der Waals surface area contributed by atoms with E-state index in [1.807, 2.05) is 0 Å². The Bertz CT molecular complexity index is 497. The van der Waals surface area contributed by atoms with Gasteiger partial charge in [0.15, 0.2) is 5.12 Å². The molecular weight excluding hydrogens is 267 g/mol. The molecule has 0 fully saturated rings. The average Bonchev–Trinajstić information content (AvgIpc) is 2.38. The van der Waals surface area contributed by atoms with Crippen LogP contribution in [0.2, 0.25) is 0 Å². The molecule has 1 aromatic carbocycles. The van der Waals surface area contributed by atoms with Crippen LogP contribution in [0.4, 0.5) is 4.39 Å². The number of ether oxygens (including phenoxy) is 1. The second-order valence-corrected chi connectivity index (χ2v) is 5.03. The van der Waals surface area contributed by atoms with Crippen LogP contribution < -0.4 is 0 Å². The van der Waals surface area contributed by atoms with Gasteiger partial charge in [-0.05, 0) is 18.6 Å². The van der Waals surface area contributed by atoms with E-state index < -0.39 is 11.8 Å². The van der Waals surface area contributed by atoms with E-state index in [-0.39, 0.29) is 10.7 Å². The molecule has 0 aromatic heterocycles. The van der Waals surface area contributed by atoms with E-state index in [0.29, 0.717) is 17.7 Å². The van der Waals surface area contributed by atoms with Crippen LogP contribution in [0.5, 0.6) is 0 Å². The topological polar surface area (TPSA) is 43.4 Å². The molecule has 0 saturated heterocycles. The van der Waals surface area contributed by atoms with Gasteiger partial charge in [0.2, 0.25) is 0 Å². The van der Waals surface area contributed by atoms with Crippen molar-refractivity contribution >= 4 is 28.9 Å². The highest BCUT2D eigenvalue weighted by molar-refractivity contribution is 8.13. The van der Waals surface area contributed by atoms with E-state index in [0.717, 1.165) is 6.07 Å². The molecule has 3 nitrogen and oxygen atoms in total. The number of thioether (sulfide) groups is 1. The van der Waals surface area contributed by atoms with Crippen LogP contribution in [0.3, 0.4) is 0 Å². The number of halogens is 1. The highest BCUT2D eigenvalue weighted by atomic mass is 32.2. The number of benzene rings is 1. The van der Waals surface area contributed by atoms with Gasteiger partial charge in [-0.1, -0.05) is 30.0 Å². The summed E-state index contributed by atoms with van der Waals surface area (Å²) in [6.07, 6.45) is 4.12. The van der Waals surface area contributed by atoms with Gasteiger partial charge in [0.1, 0.15) is 5.82 Å². The Kier molecular flexibility index (Phi) is 6.29. The van der Waals surface area contributed by atoms with Gasteiger partial charge in [-0.2, -0.15) is 0 Å². The first-order valence-electron chi connectivity index (χ1n) is 5.72. The zero-order valence-corrected chi connectivity index (χ0v) is 11.6. The molecule has 0 atom stereocenters. The Labute approximate surface area is 115 Å². The summed E-state index contributed by atoms with van der Waals surface area (Å²) in [5.41, 5.74) is 0.588. The zero-order chi connectivity index (χ0) is 14.3. The Balaban J connectivity index is 2.62. The molecule has 0 aliphatic carbocycles. The lowest BCUT2D eigenvalue weighted by atomic mass is 10.1. The number of esters is 1. The Morgan fingerprint density at radius 3 is 2.74 bits per heavy atom. The minimum Gasteiger partial charge on any atom is -0.465 e. The van der Waals surface area contributed by atoms with Crippen LogP contribution in [-0.4, -0.2) is 23.9 Å². The lowest BCUT2D eigenvalue weighted by Gasteiger charge is -2.01. The van der Waals surface area contributed by atoms with Crippen molar-refractivity contribution in [3.05, 3.63) is 41.2 Å². The van der Waals surface area contributed by atoms with Crippen LogP contribution in [0.1, 0.15) is 29.3 Å². The zero-order valence-electron chi connectivity index (χ0n) is 10.8. The van der Waals surface area contributed by atoms with Gasteiger partial charge >= 0.3 is 5.97 Å². The monoisotopic (exact) mass is 282 g/mol. The molecule has 0 saturated carbocycles. The van der Waals surface area contributed by atoms with Gasteiger partial charge in [-0.15, -0.1) is 0 Å². The summed E-state index contributed by atoms with van der Waals surface area (Å²) in [4.78, 5) is 21.9. The fourth-order valence-electron chi connectivity index (χ4n) is 1.39. The van der Waals surface area contributed by atoms with Crippen molar-refractivity contribution in [1.82, 2.24) is 0 Å². The molecular formula is C14H15FO3S. The molecule has 0 N–H and O–H groups in total. The molecule has 0 radical (unpaired) electrons. The van der Waals surface area contributed by atoms with Gasteiger partial charge in [0, 0.05) is 18.2 Å². The van der Waals surface area contributed by atoms with E-state index in [4.69, 9.17) is 0 Å². The summed E-state index contributed by atoms with van der Waals surface area (Å²) in [6, 6.07) is 4.19. The molecule has 102 valence electrons. The lowest BCUT2D eigenvalue weighted by molar-refractivity contribution is -0.109. The van der Waals surface area contributed by atoms with Crippen LogP contribution in [0.15, 0.2) is 24.3 Å². The summed E-state index contributed by atoms with van der Waals surface area (Å²) in [6.45, 7) is 1.51. The van der Waals surface area contributed by atoms with Crippen molar-refractivity contribution in [1.29, 1.82) is 0 Å². The molecule has 1 aromatic rings. The summed E-state index contributed by atoms with van der Waals surface area (Å²) in [5.74, 6) is -0.362. The first-order chi connectivity index (χ1) is 9.04. The van der Waals surface area contributed by atoms with Crippen LogP contribution >= 0.6 is 11.8 Å². The number of rotatable bonds is 5. The van der Waals surface area contributed by atoms with E-state index in [9.17, 15) is 14.0 Å². The largest absolute Gasteiger partial charge is 0.465 e. The highest BCUT2D eigenvalue weighted by Crippen LogP contribution is 2.14. The van der Waals surface area contributed by atoms with Crippen LogP contribution in [-0.2, 0) is 9.53 Å². The van der Waals surface area contributed by atoms with Crippen molar-refractivity contribution in [2.24, 2.45) is 0 Å². The maximum atomic E-state index is 13.7. The summed E-state index contributed by atoms with van der Waals surface area (Å²) < 4.78 is 18.2. The standard InChI is InChI=1S/C14H15FO3S/c1-10(16)19-8-4-3-5-11-6-7-12(9-13(11)15)14(17)18-2/h3,5-7,9H,4,8H2,1-2H3. The van der Waals surface area contributed by atoms with Crippen molar-refractivity contribution in [3.8, 4) is 0 Å². The average molecular weight is 282 g/mol. The predicted octanol–water partition coefficient (Wildman–Crippen LogP) is 3.30. The third kappa shape index (κ3) is 5.26. The second kappa shape index (κ2) is 7.74. The molecule has 19 heavy (non-hydrogen) atoms. The lowest BCUT2D eigenvalue weighted by Crippen LogP contribution is -2.01. The third-order valence-electron chi connectivity index (χ3n) is 2.31. The maximum Gasteiger partial charge on any atom is 0.337 e. The number of hydrogen-bond acceptors (Lipinski definition) is 4. The van der Waals surface area contributed by atoms with Gasteiger partial charge in [-0.3, -0.25) is 4.79 Å². The van der Waals surface area contributed by atoms with Crippen LogP contribution in [0.25, 0.3) is 6.08 Å². The second-order valence-electron chi connectivity index (χ2n) is 3.76. The number of carbonyl (C=O) groups excluding carboxylic acids is 2. The van der Waals surface area contributed by atoms with Gasteiger partial charge in [0.05, 0.1) is 12.7 Å². The molecule has 1 rings (SSSR count). The summed E-state index contributed by atoms with van der Waals surface area (Å²) in [7, 11) is 1.25.